The maximum atomic E-state index is 12.6. The molecule has 0 aromatic heterocycles. The van der Waals surface area contributed by atoms with Crippen molar-refractivity contribution in [2.75, 3.05) is 0 Å². The Balaban J connectivity index is 4.90. The Morgan fingerprint density at radius 3 is 1.57 bits per heavy atom. The summed E-state index contributed by atoms with van der Waals surface area (Å²) in [5.41, 5.74) is -0.545. The molecule has 0 saturated heterocycles. The van der Waals surface area contributed by atoms with Crippen LogP contribution in [0, 0.1) is 5.41 Å². The smallest absolute Gasteiger partial charge is 0.226 e. The van der Waals surface area contributed by atoms with E-state index in [1.807, 2.05) is 13.8 Å². The first-order valence-corrected chi connectivity index (χ1v) is 8.28. The van der Waals surface area contributed by atoms with Crippen molar-refractivity contribution in [1.29, 1.82) is 0 Å². The summed E-state index contributed by atoms with van der Waals surface area (Å²) in [7, 11) is 0. The zero-order valence-electron chi connectivity index (χ0n) is 16.0. The van der Waals surface area contributed by atoms with Gasteiger partial charge in [-0.3, -0.25) is 4.79 Å². The summed E-state index contributed by atoms with van der Waals surface area (Å²) in [6, 6.07) is 0. The lowest BCUT2D eigenvalue weighted by Crippen LogP contribution is -2.56. The van der Waals surface area contributed by atoms with Gasteiger partial charge in [-0.05, 0) is 60.8 Å². The van der Waals surface area contributed by atoms with E-state index in [9.17, 15) is 4.79 Å². The highest BCUT2D eigenvalue weighted by atomic mass is 16.2. The van der Waals surface area contributed by atoms with E-state index >= 15 is 0 Å². The number of hydrogen-bond acceptors (Lipinski definition) is 2. The average Bonchev–Trinajstić information content (AvgIpc) is 2.25. The van der Waals surface area contributed by atoms with Crippen LogP contribution in [0.25, 0.3) is 0 Å². The molecular weight excluding hydrogens is 260 g/mol. The first kappa shape index (κ1) is 20.4. The molecule has 0 heterocycles. The van der Waals surface area contributed by atoms with E-state index in [2.05, 4.69) is 66.0 Å². The first-order chi connectivity index (χ1) is 9.16. The summed E-state index contributed by atoms with van der Waals surface area (Å²) in [4.78, 5) is 12.6. The zero-order chi connectivity index (χ0) is 17.1. The number of carbonyl (C=O) groups is 1. The molecule has 0 aliphatic rings. The molecule has 0 fully saturated rings. The molecule has 1 amide bonds. The van der Waals surface area contributed by atoms with Crippen molar-refractivity contribution in [3.8, 4) is 0 Å². The molecule has 126 valence electrons. The Labute approximate surface area is 132 Å². The normalized spacial score (nSPS) is 14.2. The molecule has 21 heavy (non-hydrogen) atoms. The molecule has 0 aliphatic heterocycles. The third-order valence-electron chi connectivity index (χ3n) is 4.40. The molecule has 0 bridgehead atoms. The van der Waals surface area contributed by atoms with Crippen LogP contribution in [0.3, 0.4) is 0 Å². The van der Waals surface area contributed by atoms with Gasteiger partial charge >= 0.3 is 0 Å². The minimum Gasteiger partial charge on any atom is -0.351 e. The molecule has 0 rings (SSSR count). The van der Waals surface area contributed by atoms with Crippen LogP contribution in [0.15, 0.2) is 0 Å². The van der Waals surface area contributed by atoms with Gasteiger partial charge in [0, 0.05) is 22.0 Å². The van der Waals surface area contributed by atoms with Crippen molar-refractivity contribution in [3.63, 3.8) is 0 Å². The molecule has 0 spiro atoms. The van der Waals surface area contributed by atoms with Crippen LogP contribution in [0.2, 0.25) is 0 Å². The third-order valence-corrected chi connectivity index (χ3v) is 4.40. The minimum atomic E-state index is -0.396. The van der Waals surface area contributed by atoms with Crippen molar-refractivity contribution in [2.45, 2.75) is 105 Å². The molecule has 2 N–H and O–H groups in total. The Hall–Kier alpha value is -0.570. The topological polar surface area (TPSA) is 41.1 Å². The summed E-state index contributed by atoms with van der Waals surface area (Å²) in [6.45, 7) is 21.3. The molecule has 3 heteroatoms. The Morgan fingerprint density at radius 2 is 1.19 bits per heavy atom. The van der Waals surface area contributed by atoms with Gasteiger partial charge < -0.3 is 10.6 Å². The van der Waals surface area contributed by atoms with Crippen molar-refractivity contribution < 1.29 is 4.79 Å². The van der Waals surface area contributed by atoms with Crippen LogP contribution in [-0.4, -0.2) is 22.5 Å². The summed E-state index contributed by atoms with van der Waals surface area (Å²) >= 11 is 0. The maximum absolute atomic E-state index is 12.6. The van der Waals surface area contributed by atoms with Crippen molar-refractivity contribution in [2.24, 2.45) is 5.41 Å². The monoisotopic (exact) mass is 298 g/mol. The van der Waals surface area contributed by atoms with Gasteiger partial charge in [-0.25, -0.2) is 0 Å². The van der Waals surface area contributed by atoms with E-state index in [1.165, 1.54) is 0 Å². The van der Waals surface area contributed by atoms with Gasteiger partial charge in [0.25, 0.3) is 0 Å². The highest BCUT2D eigenvalue weighted by molar-refractivity contribution is 5.82. The summed E-state index contributed by atoms with van der Waals surface area (Å²) in [5, 5.41) is 6.87. The van der Waals surface area contributed by atoms with Gasteiger partial charge in [-0.1, -0.05) is 27.7 Å². The number of amides is 1. The SMILES string of the molecule is CCC(C)(C)NC(=O)C(C)(C)CC(C)(C)NC(C)(C)CC. The van der Waals surface area contributed by atoms with E-state index in [0.29, 0.717) is 0 Å². The zero-order valence-corrected chi connectivity index (χ0v) is 16.0. The van der Waals surface area contributed by atoms with Crippen molar-refractivity contribution in [3.05, 3.63) is 0 Å². The lowest BCUT2D eigenvalue weighted by Gasteiger charge is -2.41. The molecule has 0 unspecified atom stereocenters. The summed E-state index contributed by atoms with van der Waals surface area (Å²) in [6.07, 6.45) is 2.79. The van der Waals surface area contributed by atoms with Crippen LogP contribution in [0.4, 0.5) is 0 Å². The maximum Gasteiger partial charge on any atom is 0.226 e. The van der Waals surface area contributed by atoms with E-state index in [-0.39, 0.29) is 22.5 Å². The Morgan fingerprint density at radius 1 is 0.762 bits per heavy atom. The van der Waals surface area contributed by atoms with Gasteiger partial charge in [0.05, 0.1) is 0 Å². The van der Waals surface area contributed by atoms with Crippen LogP contribution >= 0.6 is 0 Å². The molecule has 0 atom stereocenters. The number of hydrogen-bond donors (Lipinski definition) is 2. The molecular formula is C18H38N2O. The summed E-state index contributed by atoms with van der Waals surface area (Å²) in [5.74, 6) is 0.138. The standard InChI is InChI=1S/C18H38N2O/c1-11-16(5,6)19-14(21)15(3,4)13-18(9,10)20-17(7,8)12-2/h20H,11-13H2,1-10H3,(H,19,21). The minimum absolute atomic E-state index is 0.0821. The largest absolute Gasteiger partial charge is 0.351 e. The van der Waals surface area contributed by atoms with Gasteiger partial charge in [-0.15, -0.1) is 0 Å². The molecule has 0 aromatic rings. The highest BCUT2D eigenvalue weighted by Gasteiger charge is 2.38. The molecule has 0 aliphatic carbocycles. The number of nitrogens with one attached hydrogen (secondary N) is 2. The fourth-order valence-corrected chi connectivity index (χ4v) is 2.80. The average molecular weight is 299 g/mol. The predicted octanol–water partition coefficient (Wildman–Crippen LogP) is 4.26. The van der Waals surface area contributed by atoms with E-state index in [4.69, 9.17) is 0 Å². The summed E-state index contributed by atoms with van der Waals surface area (Å²) < 4.78 is 0. The quantitative estimate of drug-likeness (QED) is 0.703. The molecule has 0 aromatic carbocycles. The van der Waals surface area contributed by atoms with Crippen LogP contribution in [0.5, 0.6) is 0 Å². The Kier molecular flexibility index (Phi) is 6.50. The van der Waals surface area contributed by atoms with E-state index in [0.717, 1.165) is 19.3 Å². The lowest BCUT2D eigenvalue weighted by molar-refractivity contribution is -0.132. The van der Waals surface area contributed by atoms with E-state index < -0.39 is 5.41 Å². The Bertz CT molecular complexity index is 354. The van der Waals surface area contributed by atoms with E-state index in [1.54, 1.807) is 0 Å². The van der Waals surface area contributed by atoms with Crippen LogP contribution in [0.1, 0.15) is 88.5 Å². The number of carbonyl (C=O) groups excluding carboxylic acids is 1. The molecule has 0 saturated carbocycles. The number of rotatable bonds is 8. The molecule has 3 nitrogen and oxygen atoms in total. The van der Waals surface area contributed by atoms with Gasteiger partial charge in [0.2, 0.25) is 5.91 Å². The lowest BCUT2D eigenvalue weighted by atomic mass is 9.77. The third kappa shape index (κ3) is 7.30. The van der Waals surface area contributed by atoms with Crippen LogP contribution in [-0.2, 0) is 4.79 Å². The fraction of sp³-hybridized carbons (Fsp3) is 0.944. The fourth-order valence-electron chi connectivity index (χ4n) is 2.80. The second kappa shape index (κ2) is 6.68. The van der Waals surface area contributed by atoms with Crippen molar-refractivity contribution >= 4 is 5.91 Å². The van der Waals surface area contributed by atoms with Gasteiger partial charge in [0.15, 0.2) is 0 Å². The molecule has 0 radical (unpaired) electrons. The van der Waals surface area contributed by atoms with Gasteiger partial charge in [-0.2, -0.15) is 0 Å². The highest BCUT2D eigenvalue weighted by Crippen LogP contribution is 2.31. The van der Waals surface area contributed by atoms with Crippen molar-refractivity contribution in [1.82, 2.24) is 10.6 Å². The second-order valence-electron chi connectivity index (χ2n) is 9.00. The van der Waals surface area contributed by atoms with Gasteiger partial charge in [0.1, 0.15) is 0 Å². The second-order valence-corrected chi connectivity index (χ2v) is 9.00. The first-order valence-electron chi connectivity index (χ1n) is 8.28. The predicted molar refractivity (Wildman–Crippen MR) is 92.5 cm³/mol. The van der Waals surface area contributed by atoms with Crippen LogP contribution < -0.4 is 10.6 Å².